The van der Waals surface area contributed by atoms with Crippen molar-refractivity contribution < 1.29 is 5.21 Å². The summed E-state index contributed by atoms with van der Waals surface area (Å²) in [6.07, 6.45) is 0. The van der Waals surface area contributed by atoms with Crippen LogP contribution in [0.3, 0.4) is 0 Å². The molecule has 3 N–H and O–H groups in total. The van der Waals surface area contributed by atoms with Gasteiger partial charge < -0.3 is 0 Å². The van der Waals surface area contributed by atoms with Gasteiger partial charge in [-0.05, 0) is 5.56 Å². The lowest BCUT2D eigenvalue weighted by Gasteiger charge is -2.24. The molecule has 0 aliphatic rings. The summed E-state index contributed by atoms with van der Waals surface area (Å²) in [5, 5.41) is 11.3. The van der Waals surface area contributed by atoms with Gasteiger partial charge in [0.1, 0.15) is 0 Å². The van der Waals surface area contributed by atoms with Crippen molar-refractivity contribution in [2.45, 2.75) is 13.5 Å². The second-order valence-corrected chi connectivity index (χ2v) is 2.79. The van der Waals surface area contributed by atoms with Crippen LogP contribution in [0.5, 0.6) is 0 Å². The second-order valence-electron chi connectivity index (χ2n) is 2.79. The third kappa shape index (κ3) is 3.12. The molecule has 0 fully saturated rings. The Labute approximate surface area is 78.1 Å². The van der Waals surface area contributed by atoms with Crippen molar-refractivity contribution >= 4 is 0 Å². The van der Waals surface area contributed by atoms with Crippen molar-refractivity contribution in [3.8, 4) is 0 Å². The molecule has 0 aromatic heterocycles. The van der Waals surface area contributed by atoms with Crippen LogP contribution in [0, 0.1) is 0 Å². The molecule has 1 rings (SSSR count). The lowest BCUT2D eigenvalue weighted by atomic mass is 10.2. The van der Waals surface area contributed by atoms with Crippen LogP contribution < -0.4 is 5.84 Å². The summed E-state index contributed by atoms with van der Waals surface area (Å²) in [6, 6.07) is 9.86. The van der Waals surface area contributed by atoms with Crippen LogP contribution in [0.15, 0.2) is 30.3 Å². The Morgan fingerprint density at radius 2 is 1.92 bits per heavy atom. The molecule has 0 radical (unpaired) electrons. The van der Waals surface area contributed by atoms with Crippen LogP contribution in [0.4, 0.5) is 0 Å². The molecule has 0 aliphatic carbocycles. The smallest absolute Gasteiger partial charge is 0.0420 e. The van der Waals surface area contributed by atoms with Gasteiger partial charge in [0, 0.05) is 13.1 Å². The molecule has 0 spiro atoms. The first-order chi connectivity index (χ1) is 6.24. The van der Waals surface area contributed by atoms with Gasteiger partial charge >= 0.3 is 0 Å². The molecule has 0 bridgehead atoms. The quantitative estimate of drug-likeness (QED) is 0.537. The summed E-state index contributed by atoms with van der Waals surface area (Å²) in [5.41, 5.74) is 1.12. The topological polar surface area (TPSA) is 52.7 Å². The van der Waals surface area contributed by atoms with E-state index in [1.165, 1.54) is 0 Å². The molecule has 72 valence electrons. The zero-order chi connectivity index (χ0) is 9.68. The zero-order valence-corrected chi connectivity index (χ0v) is 7.72. The Balaban J connectivity index is 2.57. The second kappa shape index (κ2) is 4.94. The minimum Gasteiger partial charge on any atom is -0.285 e. The van der Waals surface area contributed by atoms with Crippen LogP contribution in [0.1, 0.15) is 12.5 Å². The Hall–Kier alpha value is -0.940. The van der Waals surface area contributed by atoms with E-state index in [1.807, 2.05) is 37.3 Å². The van der Waals surface area contributed by atoms with E-state index >= 15 is 0 Å². The largest absolute Gasteiger partial charge is 0.285 e. The molecule has 0 saturated carbocycles. The van der Waals surface area contributed by atoms with Crippen LogP contribution in [0.2, 0.25) is 0 Å². The fourth-order valence-electron chi connectivity index (χ4n) is 1.12. The fraction of sp³-hybridized carbons (Fsp3) is 0.333. The molecule has 13 heavy (non-hydrogen) atoms. The van der Waals surface area contributed by atoms with E-state index in [0.717, 1.165) is 5.56 Å². The Kier molecular flexibility index (Phi) is 3.85. The number of rotatable bonds is 4. The SMILES string of the molecule is CCN(Cc1ccccc1)N(N)O. The number of hydrazine groups is 2. The minimum absolute atomic E-state index is 0.615. The molecule has 0 unspecified atom stereocenters. The fourth-order valence-corrected chi connectivity index (χ4v) is 1.12. The van der Waals surface area contributed by atoms with Crippen LogP contribution in [-0.2, 0) is 6.54 Å². The summed E-state index contributed by atoms with van der Waals surface area (Å²) in [7, 11) is 0. The average molecular weight is 181 g/mol. The predicted molar refractivity (Wildman–Crippen MR) is 50.3 cm³/mol. The maximum Gasteiger partial charge on any atom is 0.0420 e. The predicted octanol–water partition coefficient (Wildman–Crippen LogP) is 0.988. The number of nitrogens with two attached hydrogens (primary N) is 1. The molecule has 0 saturated heterocycles. The van der Waals surface area contributed by atoms with Crippen LogP contribution in [0.25, 0.3) is 0 Å². The number of benzene rings is 1. The van der Waals surface area contributed by atoms with E-state index in [0.29, 0.717) is 18.4 Å². The zero-order valence-electron chi connectivity index (χ0n) is 7.72. The standard InChI is InChI=1S/C9H15N3O/c1-2-11(12(10)13)8-9-6-4-3-5-7-9/h3-7,13H,2,8,10H2,1H3. The van der Waals surface area contributed by atoms with Gasteiger partial charge in [-0.25, -0.2) is 5.84 Å². The highest BCUT2D eigenvalue weighted by atomic mass is 16.6. The first-order valence-corrected chi connectivity index (χ1v) is 4.26. The van der Waals surface area contributed by atoms with Crippen molar-refractivity contribution in [3.05, 3.63) is 35.9 Å². The molecule has 4 nitrogen and oxygen atoms in total. The van der Waals surface area contributed by atoms with Crippen molar-refractivity contribution in [3.63, 3.8) is 0 Å². The van der Waals surface area contributed by atoms with E-state index in [9.17, 15) is 0 Å². The molecule has 4 heteroatoms. The van der Waals surface area contributed by atoms with E-state index in [2.05, 4.69) is 0 Å². The average Bonchev–Trinajstić information content (AvgIpc) is 2.15. The van der Waals surface area contributed by atoms with Crippen molar-refractivity contribution in [1.29, 1.82) is 0 Å². The molecule has 1 aromatic carbocycles. The van der Waals surface area contributed by atoms with E-state index < -0.39 is 0 Å². The van der Waals surface area contributed by atoms with E-state index in [-0.39, 0.29) is 0 Å². The highest BCUT2D eigenvalue weighted by Gasteiger charge is 2.06. The van der Waals surface area contributed by atoms with E-state index in [1.54, 1.807) is 5.01 Å². The molecule has 1 aromatic rings. The minimum atomic E-state index is 0.615. The van der Waals surface area contributed by atoms with Gasteiger partial charge in [0.2, 0.25) is 0 Å². The molecule has 0 heterocycles. The van der Waals surface area contributed by atoms with Gasteiger partial charge in [-0.15, -0.1) is 0 Å². The Morgan fingerprint density at radius 1 is 1.31 bits per heavy atom. The van der Waals surface area contributed by atoms with Crippen LogP contribution in [-0.4, -0.2) is 22.0 Å². The summed E-state index contributed by atoms with van der Waals surface area (Å²) < 4.78 is 0. The van der Waals surface area contributed by atoms with Gasteiger partial charge in [-0.3, -0.25) is 5.21 Å². The summed E-state index contributed by atoms with van der Waals surface area (Å²) in [4.78, 5) is 0. The Bertz CT molecular complexity index is 238. The van der Waals surface area contributed by atoms with E-state index in [4.69, 9.17) is 11.0 Å². The third-order valence-electron chi connectivity index (χ3n) is 1.86. The monoisotopic (exact) mass is 181 g/mol. The van der Waals surface area contributed by atoms with Gasteiger partial charge in [-0.2, -0.15) is 5.01 Å². The van der Waals surface area contributed by atoms with Crippen molar-refractivity contribution in [2.24, 2.45) is 5.84 Å². The van der Waals surface area contributed by atoms with Gasteiger partial charge in [-0.1, -0.05) is 42.5 Å². The molecule has 0 amide bonds. The van der Waals surface area contributed by atoms with Gasteiger partial charge in [0.25, 0.3) is 0 Å². The normalized spacial score (nSPS) is 11.2. The van der Waals surface area contributed by atoms with Crippen LogP contribution >= 0.6 is 0 Å². The van der Waals surface area contributed by atoms with Crippen molar-refractivity contribution in [1.82, 2.24) is 10.3 Å². The highest BCUT2D eigenvalue weighted by molar-refractivity contribution is 5.14. The van der Waals surface area contributed by atoms with Crippen molar-refractivity contribution in [2.75, 3.05) is 6.54 Å². The Morgan fingerprint density at radius 3 is 2.38 bits per heavy atom. The maximum atomic E-state index is 9.01. The maximum absolute atomic E-state index is 9.01. The highest BCUT2D eigenvalue weighted by Crippen LogP contribution is 2.03. The molecular formula is C9H15N3O. The summed E-state index contributed by atoms with van der Waals surface area (Å²) in [6.45, 7) is 3.21. The molecule has 0 atom stereocenters. The van der Waals surface area contributed by atoms with Gasteiger partial charge in [0.05, 0.1) is 0 Å². The lowest BCUT2D eigenvalue weighted by molar-refractivity contribution is -0.252. The molecular weight excluding hydrogens is 166 g/mol. The number of hydrogen-bond donors (Lipinski definition) is 2. The lowest BCUT2D eigenvalue weighted by Crippen LogP contribution is -2.44. The third-order valence-corrected chi connectivity index (χ3v) is 1.86. The number of hydrogen-bond acceptors (Lipinski definition) is 4. The number of nitrogens with zero attached hydrogens (tertiary/aromatic N) is 2. The first-order valence-electron chi connectivity index (χ1n) is 4.26. The summed E-state index contributed by atoms with van der Waals surface area (Å²) >= 11 is 0. The summed E-state index contributed by atoms with van der Waals surface area (Å²) in [5.74, 6) is 5.21. The molecule has 0 aliphatic heterocycles. The first kappa shape index (κ1) is 10.1. The van der Waals surface area contributed by atoms with Gasteiger partial charge in [0.15, 0.2) is 0 Å².